The Labute approximate surface area is 114 Å². The standard InChI is InChI=1S/C14H12N4O2/c19-12(10-5-2-1-3-6-10)13-16-17-14(20)18(13)11-7-4-8-15-9-11/h1-9,12,19H,(H,17,20)/t12-/m0/s1. The van der Waals surface area contributed by atoms with E-state index in [-0.39, 0.29) is 5.82 Å². The van der Waals surface area contributed by atoms with Gasteiger partial charge in [-0.25, -0.2) is 14.5 Å². The van der Waals surface area contributed by atoms with Crippen molar-refractivity contribution in [3.63, 3.8) is 0 Å². The van der Waals surface area contributed by atoms with E-state index in [1.165, 1.54) is 10.8 Å². The lowest BCUT2D eigenvalue weighted by atomic mass is 10.1. The molecule has 1 aromatic carbocycles. The van der Waals surface area contributed by atoms with Gasteiger partial charge in [-0.05, 0) is 17.7 Å². The van der Waals surface area contributed by atoms with Crippen molar-refractivity contribution in [2.24, 2.45) is 0 Å². The molecular weight excluding hydrogens is 256 g/mol. The minimum Gasteiger partial charge on any atom is -0.380 e. The maximum atomic E-state index is 11.9. The molecule has 20 heavy (non-hydrogen) atoms. The molecule has 100 valence electrons. The quantitative estimate of drug-likeness (QED) is 0.743. The number of pyridine rings is 1. The Morgan fingerprint density at radius 3 is 2.65 bits per heavy atom. The summed E-state index contributed by atoms with van der Waals surface area (Å²) in [5, 5.41) is 16.7. The summed E-state index contributed by atoms with van der Waals surface area (Å²) in [6.07, 6.45) is 2.16. The molecule has 0 saturated heterocycles. The molecule has 0 saturated carbocycles. The maximum absolute atomic E-state index is 11.9. The summed E-state index contributed by atoms with van der Waals surface area (Å²) in [5.41, 5.74) is 0.802. The normalized spacial score (nSPS) is 12.2. The van der Waals surface area contributed by atoms with Crippen LogP contribution in [0.25, 0.3) is 5.69 Å². The van der Waals surface area contributed by atoms with Crippen molar-refractivity contribution in [3.8, 4) is 5.69 Å². The SMILES string of the molecule is O=c1[nH]nc([C@@H](O)c2ccccc2)n1-c1cccnc1. The number of aliphatic hydroxyl groups is 1. The van der Waals surface area contributed by atoms with Crippen LogP contribution >= 0.6 is 0 Å². The second-order valence-electron chi connectivity index (χ2n) is 4.25. The zero-order valence-electron chi connectivity index (χ0n) is 10.5. The summed E-state index contributed by atoms with van der Waals surface area (Å²) in [6.45, 7) is 0. The molecule has 0 amide bonds. The summed E-state index contributed by atoms with van der Waals surface area (Å²) < 4.78 is 1.31. The van der Waals surface area contributed by atoms with E-state index < -0.39 is 11.8 Å². The Morgan fingerprint density at radius 1 is 1.15 bits per heavy atom. The van der Waals surface area contributed by atoms with Crippen LogP contribution in [0.3, 0.4) is 0 Å². The summed E-state index contributed by atoms with van der Waals surface area (Å²) in [5.74, 6) is 0.231. The van der Waals surface area contributed by atoms with E-state index in [4.69, 9.17) is 0 Å². The number of nitrogens with zero attached hydrogens (tertiary/aromatic N) is 3. The number of benzene rings is 1. The van der Waals surface area contributed by atoms with Gasteiger partial charge in [0.15, 0.2) is 5.82 Å². The van der Waals surface area contributed by atoms with E-state index in [2.05, 4.69) is 15.2 Å². The molecule has 0 aliphatic rings. The predicted octanol–water partition coefficient (Wildman–Crippen LogP) is 1.04. The van der Waals surface area contributed by atoms with Gasteiger partial charge in [0.1, 0.15) is 6.10 Å². The van der Waals surface area contributed by atoms with Crippen LogP contribution in [-0.4, -0.2) is 24.9 Å². The first kappa shape index (κ1) is 12.3. The molecule has 0 aliphatic heterocycles. The highest BCUT2D eigenvalue weighted by Gasteiger charge is 2.19. The number of aromatic nitrogens is 4. The molecular formula is C14H12N4O2. The van der Waals surface area contributed by atoms with Crippen molar-refractivity contribution in [2.75, 3.05) is 0 Å². The van der Waals surface area contributed by atoms with Crippen LogP contribution in [-0.2, 0) is 0 Å². The molecule has 0 aliphatic carbocycles. The molecule has 6 heteroatoms. The van der Waals surface area contributed by atoms with Crippen LogP contribution in [0.15, 0.2) is 59.7 Å². The molecule has 0 fully saturated rings. The lowest BCUT2D eigenvalue weighted by Gasteiger charge is -2.11. The Morgan fingerprint density at radius 2 is 1.95 bits per heavy atom. The number of aromatic amines is 1. The Kier molecular flexibility index (Phi) is 3.14. The molecule has 0 radical (unpaired) electrons. The third-order valence-electron chi connectivity index (χ3n) is 2.96. The second-order valence-corrected chi connectivity index (χ2v) is 4.25. The van der Waals surface area contributed by atoms with Crippen molar-refractivity contribution < 1.29 is 5.11 Å². The van der Waals surface area contributed by atoms with Gasteiger partial charge >= 0.3 is 5.69 Å². The van der Waals surface area contributed by atoms with Crippen LogP contribution < -0.4 is 5.69 Å². The van der Waals surface area contributed by atoms with E-state index in [9.17, 15) is 9.90 Å². The highest BCUT2D eigenvalue weighted by Crippen LogP contribution is 2.20. The van der Waals surface area contributed by atoms with Gasteiger partial charge in [0.2, 0.25) is 0 Å². The fourth-order valence-electron chi connectivity index (χ4n) is 2.01. The van der Waals surface area contributed by atoms with Crippen molar-refractivity contribution in [1.82, 2.24) is 19.7 Å². The zero-order valence-corrected chi connectivity index (χ0v) is 10.5. The van der Waals surface area contributed by atoms with Crippen molar-refractivity contribution in [1.29, 1.82) is 0 Å². The van der Waals surface area contributed by atoms with Gasteiger partial charge in [-0.1, -0.05) is 30.3 Å². The first-order valence-corrected chi connectivity index (χ1v) is 6.08. The monoisotopic (exact) mass is 268 g/mol. The summed E-state index contributed by atoms with van der Waals surface area (Å²) >= 11 is 0. The average molecular weight is 268 g/mol. The van der Waals surface area contributed by atoms with Crippen LogP contribution in [0.4, 0.5) is 0 Å². The first-order valence-electron chi connectivity index (χ1n) is 6.08. The molecule has 3 rings (SSSR count). The first-order chi connectivity index (χ1) is 9.77. The van der Waals surface area contributed by atoms with Crippen LogP contribution in [0.2, 0.25) is 0 Å². The van der Waals surface area contributed by atoms with Gasteiger partial charge in [0.05, 0.1) is 11.9 Å². The second kappa shape index (κ2) is 5.10. The predicted molar refractivity (Wildman–Crippen MR) is 72.5 cm³/mol. The zero-order chi connectivity index (χ0) is 13.9. The molecule has 1 atom stereocenters. The van der Waals surface area contributed by atoms with Gasteiger partial charge < -0.3 is 5.11 Å². The number of aliphatic hydroxyl groups excluding tert-OH is 1. The largest absolute Gasteiger partial charge is 0.380 e. The molecule has 0 spiro atoms. The topological polar surface area (TPSA) is 83.8 Å². The third kappa shape index (κ3) is 2.12. The van der Waals surface area contributed by atoms with E-state index in [1.807, 2.05) is 18.2 Å². The minimum atomic E-state index is -0.990. The number of hydrogen-bond acceptors (Lipinski definition) is 4. The number of hydrogen-bond donors (Lipinski definition) is 2. The highest BCUT2D eigenvalue weighted by molar-refractivity contribution is 5.31. The number of nitrogens with one attached hydrogen (secondary N) is 1. The molecule has 3 aromatic rings. The number of rotatable bonds is 3. The Bertz CT molecular complexity index is 750. The molecule has 2 heterocycles. The fraction of sp³-hybridized carbons (Fsp3) is 0.0714. The molecule has 0 unspecified atom stereocenters. The van der Waals surface area contributed by atoms with Crippen molar-refractivity contribution in [2.45, 2.75) is 6.10 Å². The molecule has 2 N–H and O–H groups in total. The van der Waals surface area contributed by atoms with Gasteiger partial charge in [0.25, 0.3) is 0 Å². The fourth-order valence-corrected chi connectivity index (χ4v) is 2.01. The lowest BCUT2D eigenvalue weighted by molar-refractivity contribution is 0.207. The van der Waals surface area contributed by atoms with Crippen molar-refractivity contribution in [3.05, 3.63) is 76.7 Å². The van der Waals surface area contributed by atoms with Crippen LogP contribution in [0, 0.1) is 0 Å². The van der Waals surface area contributed by atoms with Crippen LogP contribution in [0.5, 0.6) is 0 Å². The summed E-state index contributed by atoms with van der Waals surface area (Å²) in [4.78, 5) is 15.9. The van der Waals surface area contributed by atoms with Crippen LogP contribution in [0.1, 0.15) is 17.5 Å². The minimum absolute atomic E-state index is 0.231. The third-order valence-corrected chi connectivity index (χ3v) is 2.96. The van der Waals surface area contributed by atoms with E-state index in [0.717, 1.165) is 0 Å². The Hall–Kier alpha value is -2.73. The molecule has 6 nitrogen and oxygen atoms in total. The van der Waals surface area contributed by atoms with E-state index in [0.29, 0.717) is 11.3 Å². The van der Waals surface area contributed by atoms with Gasteiger partial charge in [0, 0.05) is 6.20 Å². The summed E-state index contributed by atoms with van der Waals surface area (Å²) in [7, 11) is 0. The Balaban J connectivity index is 2.10. The van der Waals surface area contributed by atoms with Gasteiger partial charge in [-0.3, -0.25) is 4.98 Å². The number of H-pyrrole nitrogens is 1. The van der Waals surface area contributed by atoms with Crippen molar-refractivity contribution >= 4 is 0 Å². The van der Waals surface area contributed by atoms with Gasteiger partial charge in [-0.15, -0.1) is 0 Å². The van der Waals surface area contributed by atoms with E-state index >= 15 is 0 Å². The summed E-state index contributed by atoms with van der Waals surface area (Å²) in [6, 6.07) is 12.5. The van der Waals surface area contributed by atoms with Gasteiger partial charge in [-0.2, -0.15) is 5.10 Å². The maximum Gasteiger partial charge on any atom is 0.348 e. The average Bonchev–Trinajstić information content (AvgIpc) is 2.90. The van der Waals surface area contributed by atoms with E-state index in [1.54, 1.807) is 30.5 Å². The molecule has 0 bridgehead atoms. The lowest BCUT2D eigenvalue weighted by Crippen LogP contribution is -2.19. The molecule has 2 aromatic heterocycles. The highest BCUT2D eigenvalue weighted by atomic mass is 16.3. The smallest absolute Gasteiger partial charge is 0.348 e.